The van der Waals surface area contributed by atoms with Gasteiger partial charge in [-0.3, -0.25) is 0 Å². The van der Waals surface area contributed by atoms with E-state index in [0.29, 0.717) is 10.6 Å². The highest BCUT2D eigenvalue weighted by Crippen LogP contribution is 2.10. The van der Waals surface area contributed by atoms with Crippen LogP contribution >= 0.6 is 12.2 Å². The predicted molar refractivity (Wildman–Crippen MR) is 38.0 cm³/mol. The van der Waals surface area contributed by atoms with Gasteiger partial charge in [0, 0.05) is 6.07 Å². The Morgan fingerprint density at radius 1 is 1.67 bits per heavy atom. The van der Waals surface area contributed by atoms with Crippen LogP contribution in [0, 0.1) is 4.71 Å². The lowest BCUT2D eigenvalue weighted by Crippen LogP contribution is -1.83. The minimum atomic E-state index is 0.463. The molecule has 0 saturated heterocycles. The lowest BCUT2D eigenvalue weighted by atomic mass is 10.1. The smallest absolute Gasteiger partial charge is 0.220 e. The molecule has 9 heavy (non-hydrogen) atoms. The number of rotatable bonds is 1. The lowest BCUT2D eigenvalue weighted by Gasteiger charge is -1.94. The molecule has 1 rings (SSSR count). The second-order valence-corrected chi connectivity index (χ2v) is 2.68. The number of hydrogen-bond acceptors (Lipinski definition) is 2. The molecule has 0 unspecified atom stereocenters. The van der Waals surface area contributed by atoms with Crippen LogP contribution in [0.25, 0.3) is 0 Å². The van der Waals surface area contributed by atoms with Crippen molar-refractivity contribution >= 4 is 12.2 Å². The Bertz CT molecular complexity index is 235. The molecule has 2 nitrogen and oxygen atoms in total. The zero-order valence-electron chi connectivity index (χ0n) is 5.47. The van der Waals surface area contributed by atoms with Crippen molar-refractivity contribution in [2.45, 2.75) is 19.8 Å². The number of hydrogen-bond donors (Lipinski definition) is 1. The topological polar surface area (TPSA) is 28.9 Å². The van der Waals surface area contributed by atoms with E-state index in [0.717, 1.165) is 5.69 Å². The van der Waals surface area contributed by atoms with Gasteiger partial charge in [0.05, 0.1) is 5.69 Å². The van der Waals surface area contributed by atoms with Crippen molar-refractivity contribution in [3.05, 3.63) is 16.5 Å². The zero-order valence-corrected chi connectivity index (χ0v) is 6.29. The Balaban J connectivity index is 2.98. The second-order valence-electron chi connectivity index (χ2n) is 2.28. The summed E-state index contributed by atoms with van der Waals surface area (Å²) in [5.74, 6) is 0.463. The number of H-pyrrole nitrogens is 1. The van der Waals surface area contributed by atoms with Crippen LogP contribution in [0.3, 0.4) is 0 Å². The SMILES string of the molecule is CC(C)c1cc(=S)o[nH]1. The Morgan fingerprint density at radius 3 is 2.56 bits per heavy atom. The summed E-state index contributed by atoms with van der Waals surface area (Å²) in [4.78, 5) is 0. The molecule has 0 fully saturated rings. The van der Waals surface area contributed by atoms with Gasteiger partial charge in [0.15, 0.2) is 0 Å². The zero-order chi connectivity index (χ0) is 6.85. The van der Waals surface area contributed by atoms with Gasteiger partial charge in [-0.1, -0.05) is 13.8 Å². The van der Waals surface area contributed by atoms with E-state index in [1.54, 1.807) is 0 Å². The summed E-state index contributed by atoms with van der Waals surface area (Å²) < 4.78 is 5.34. The molecular weight excluding hydrogens is 134 g/mol. The van der Waals surface area contributed by atoms with Crippen molar-refractivity contribution in [2.24, 2.45) is 0 Å². The minimum absolute atomic E-state index is 0.463. The van der Waals surface area contributed by atoms with E-state index in [1.807, 2.05) is 6.07 Å². The molecule has 1 aromatic rings. The molecule has 0 spiro atoms. The molecule has 0 saturated carbocycles. The molecule has 0 radical (unpaired) electrons. The third kappa shape index (κ3) is 1.42. The van der Waals surface area contributed by atoms with Gasteiger partial charge < -0.3 is 4.52 Å². The molecule has 50 valence electrons. The normalized spacial score (nSPS) is 10.6. The summed E-state index contributed by atoms with van der Waals surface area (Å²) in [7, 11) is 0. The molecule has 0 bridgehead atoms. The van der Waals surface area contributed by atoms with Crippen molar-refractivity contribution in [3.63, 3.8) is 0 Å². The maximum absolute atomic E-state index is 4.82. The minimum Gasteiger partial charge on any atom is -0.371 e. The maximum atomic E-state index is 4.82. The van der Waals surface area contributed by atoms with E-state index in [9.17, 15) is 0 Å². The van der Waals surface area contributed by atoms with Gasteiger partial charge in [-0.15, -0.1) is 0 Å². The molecule has 0 aliphatic heterocycles. The summed E-state index contributed by atoms with van der Waals surface area (Å²) in [5.41, 5.74) is 1.06. The molecule has 0 aliphatic carbocycles. The highest BCUT2D eigenvalue weighted by atomic mass is 32.1. The standard InChI is InChI=1S/C6H9NOS/c1-4(2)5-3-6(9)8-7-5/h3-4,7H,1-2H3. The van der Waals surface area contributed by atoms with Crippen LogP contribution in [0.2, 0.25) is 0 Å². The van der Waals surface area contributed by atoms with E-state index in [-0.39, 0.29) is 0 Å². The first-order valence-electron chi connectivity index (χ1n) is 2.88. The average molecular weight is 143 g/mol. The Hall–Kier alpha value is -0.570. The first-order valence-corrected chi connectivity index (χ1v) is 3.29. The van der Waals surface area contributed by atoms with Crippen molar-refractivity contribution in [3.8, 4) is 0 Å². The van der Waals surface area contributed by atoms with Crippen molar-refractivity contribution in [2.75, 3.05) is 0 Å². The van der Waals surface area contributed by atoms with Crippen LogP contribution in [0.15, 0.2) is 10.6 Å². The van der Waals surface area contributed by atoms with Crippen molar-refractivity contribution in [1.82, 2.24) is 5.16 Å². The first-order chi connectivity index (χ1) is 4.20. The average Bonchev–Trinajstić information content (AvgIpc) is 2.14. The predicted octanol–water partition coefficient (Wildman–Crippen LogP) is 2.46. The van der Waals surface area contributed by atoms with Crippen molar-refractivity contribution < 1.29 is 4.52 Å². The fourth-order valence-electron chi connectivity index (χ4n) is 0.580. The summed E-state index contributed by atoms with van der Waals surface area (Å²) in [6, 6.07) is 1.83. The summed E-state index contributed by atoms with van der Waals surface area (Å²) >= 11 is 4.75. The van der Waals surface area contributed by atoms with Crippen LogP contribution in [-0.2, 0) is 0 Å². The molecular formula is C6H9NOS. The molecule has 1 N–H and O–H groups in total. The van der Waals surface area contributed by atoms with Gasteiger partial charge in [0.25, 0.3) is 0 Å². The Morgan fingerprint density at radius 2 is 2.33 bits per heavy atom. The summed E-state index contributed by atoms with van der Waals surface area (Å²) in [6.45, 7) is 4.16. The van der Waals surface area contributed by atoms with Crippen LogP contribution in [-0.4, -0.2) is 5.16 Å². The molecule has 0 amide bonds. The summed E-state index contributed by atoms with van der Waals surface area (Å²) in [5, 5.41) is 2.73. The summed E-state index contributed by atoms with van der Waals surface area (Å²) in [6.07, 6.45) is 0. The van der Waals surface area contributed by atoms with Crippen LogP contribution < -0.4 is 0 Å². The second kappa shape index (κ2) is 2.35. The first kappa shape index (κ1) is 6.55. The number of nitrogens with one attached hydrogen (secondary N) is 1. The molecule has 3 heteroatoms. The number of aromatic amines is 1. The van der Waals surface area contributed by atoms with E-state index < -0.39 is 0 Å². The third-order valence-corrected chi connectivity index (χ3v) is 1.37. The van der Waals surface area contributed by atoms with E-state index in [4.69, 9.17) is 16.7 Å². The van der Waals surface area contributed by atoms with E-state index >= 15 is 0 Å². The van der Waals surface area contributed by atoms with Crippen molar-refractivity contribution in [1.29, 1.82) is 0 Å². The Kier molecular flexibility index (Phi) is 1.71. The molecule has 1 aromatic heterocycles. The van der Waals surface area contributed by atoms with E-state index in [1.165, 1.54) is 0 Å². The Labute approximate surface area is 58.9 Å². The van der Waals surface area contributed by atoms with Gasteiger partial charge in [-0.25, -0.2) is 5.16 Å². The molecule has 0 aromatic carbocycles. The van der Waals surface area contributed by atoms with E-state index in [2.05, 4.69) is 19.0 Å². The molecule has 1 heterocycles. The quantitative estimate of drug-likeness (QED) is 0.612. The van der Waals surface area contributed by atoms with Crippen LogP contribution in [0.1, 0.15) is 25.5 Å². The molecule has 0 atom stereocenters. The monoisotopic (exact) mass is 143 g/mol. The van der Waals surface area contributed by atoms with Gasteiger partial charge in [-0.05, 0) is 18.1 Å². The number of aromatic nitrogens is 1. The van der Waals surface area contributed by atoms with Crippen LogP contribution in [0.4, 0.5) is 0 Å². The van der Waals surface area contributed by atoms with Gasteiger partial charge in [-0.2, -0.15) is 0 Å². The third-order valence-electron chi connectivity index (χ3n) is 1.16. The lowest BCUT2D eigenvalue weighted by molar-refractivity contribution is 0.397. The van der Waals surface area contributed by atoms with Gasteiger partial charge >= 0.3 is 0 Å². The highest BCUT2D eigenvalue weighted by molar-refractivity contribution is 7.71. The van der Waals surface area contributed by atoms with Crippen LogP contribution in [0.5, 0.6) is 0 Å². The fourth-order valence-corrected chi connectivity index (χ4v) is 0.748. The maximum Gasteiger partial charge on any atom is 0.220 e. The largest absolute Gasteiger partial charge is 0.371 e. The van der Waals surface area contributed by atoms with Gasteiger partial charge in [0.1, 0.15) is 0 Å². The van der Waals surface area contributed by atoms with Gasteiger partial charge in [0.2, 0.25) is 4.71 Å². The molecule has 0 aliphatic rings. The highest BCUT2D eigenvalue weighted by Gasteiger charge is 1.99. The fraction of sp³-hybridized carbons (Fsp3) is 0.500.